The van der Waals surface area contributed by atoms with Gasteiger partial charge in [-0.15, -0.1) is 10.2 Å². The Kier molecular flexibility index (Phi) is 3.11. The van der Waals surface area contributed by atoms with Crippen LogP contribution in [-0.4, -0.2) is 42.2 Å². The van der Waals surface area contributed by atoms with E-state index >= 15 is 0 Å². The Morgan fingerprint density at radius 2 is 1.88 bits per heavy atom. The van der Waals surface area contributed by atoms with Gasteiger partial charge in [0, 0.05) is 24.2 Å². The predicted molar refractivity (Wildman–Crippen MR) is 95.3 cm³/mol. The molecule has 1 aliphatic rings. The van der Waals surface area contributed by atoms with Crippen molar-refractivity contribution in [3.8, 4) is 22.8 Å². The van der Waals surface area contributed by atoms with E-state index in [0.29, 0.717) is 24.5 Å². The summed E-state index contributed by atoms with van der Waals surface area (Å²) in [7, 11) is 1.74. The summed E-state index contributed by atoms with van der Waals surface area (Å²) < 4.78 is 2.11. The maximum absolute atomic E-state index is 12.3. The molecule has 2 aromatic heterocycles. The first-order valence-corrected chi connectivity index (χ1v) is 8.33. The molecular formula is C18H15N7O. The molecule has 26 heavy (non-hydrogen) atoms. The van der Waals surface area contributed by atoms with Crippen molar-refractivity contribution in [2.75, 3.05) is 6.54 Å². The lowest BCUT2D eigenvalue weighted by atomic mass is 10.1. The van der Waals surface area contributed by atoms with E-state index in [1.807, 2.05) is 42.5 Å². The number of imidazole rings is 1. The molecule has 5 rings (SSSR count). The zero-order valence-corrected chi connectivity index (χ0v) is 14.0. The van der Waals surface area contributed by atoms with Crippen molar-refractivity contribution in [2.45, 2.75) is 6.54 Å². The minimum absolute atomic E-state index is 0.0510. The van der Waals surface area contributed by atoms with Crippen LogP contribution in [0.3, 0.4) is 0 Å². The number of nitrogens with one attached hydrogen (secondary N) is 1. The normalized spacial score (nSPS) is 13.7. The number of aryl methyl sites for hydroxylation is 1. The second-order valence-electron chi connectivity index (χ2n) is 6.20. The highest BCUT2D eigenvalue weighted by Gasteiger charge is 2.21. The van der Waals surface area contributed by atoms with Crippen LogP contribution < -0.4 is 5.32 Å². The standard InChI is InChI=1S/C18H15N7O/c1-24-22-16(21-23-24)11-5-7-12(8-6-11)17-20-14-4-2-3-13-15(14)25(17)10-9-19-18(13)26/h2-8H,9-10H2,1H3,(H,19,26). The van der Waals surface area contributed by atoms with Crippen LogP contribution in [-0.2, 0) is 13.6 Å². The number of carbonyl (C=O) groups excluding carboxylic acids is 1. The second-order valence-corrected chi connectivity index (χ2v) is 6.20. The molecule has 3 heterocycles. The number of benzene rings is 2. The SMILES string of the molecule is Cn1nnc(-c2ccc(-c3nc4cccc5c4n3CCNC5=O)cc2)n1. The first kappa shape index (κ1) is 14.8. The maximum atomic E-state index is 12.3. The minimum Gasteiger partial charge on any atom is -0.350 e. The minimum atomic E-state index is -0.0510. The van der Waals surface area contributed by atoms with Crippen molar-refractivity contribution in [3.63, 3.8) is 0 Å². The highest BCUT2D eigenvalue weighted by Crippen LogP contribution is 2.29. The van der Waals surface area contributed by atoms with E-state index in [2.05, 4.69) is 25.3 Å². The van der Waals surface area contributed by atoms with E-state index < -0.39 is 0 Å². The van der Waals surface area contributed by atoms with Crippen molar-refractivity contribution < 1.29 is 4.79 Å². The lowest BCUT2D eigenvalue weighted by Gasteiger charge is -2.07. The van der Waals surface area contributed by atoms with Gasteiger partial charge in [0.1, 0.15) is 5.82 Å². The van der Waals surface area contributed by atoms with E-state index in [1.165, 1.54) is 4.80 Å². The van der Waals surface area contributed by atoms with Crippen molar-refractivity contribution in [1.29, 1.82) is 0 Å². The van der Waals surface area contributed by atoms with Gasteiger partial charge in [0.25, 0.3) is 5.91 Å². The molecular weight excluding hydrogens is 330 g/mol. The van der Waals surface area contributed by atoms with Crippen LogP contribution in [0.4, 0.5) is 0 Å². The summed E-state index contributed by atoms with van der Waals surface area (Å²) in [6, 6.07) is 13.6. The first-order valence-electron chi connectivity index (χ1n) is 8.33. The average molecular weight is 345 g/mol. The molecule has 0 saturated carbocycles. The number of hydrogen-bond acceptors (Lipinski definition) is 5. The summed E-state index contributed by atoms with van der Waals surface area (Å²) in [5.74, 6) is 1.38. The van der Waals surface area contributed by atoms with E-state index in [4.69, 9.17) is 4.98 Å². The summed E-state index contributed by atoms with van der Waals surface area (Å²) >= 11 is 0. The third-order valence-corrected chi connectivity index (χ3v) is 4.54. The predicted octanol–water partition coefficient (Wildman–Crippen LogP) is 1.64. The Bertz CT molecular complexity index is 1140. The van der Waals surface area contributed by atoms with E-state index in [0.717, 1.165) is 28.0 Å². The number of hydrogen-bond donors (Lipinski definition) is 1. The van der Waals surface area contributed by atoms with Crippen LogP contribution in [0.5, 0.6) is 0 Å². The quantitative estimate of drug-likeness (QED) is 0.596. The number of amides is 1. The summed E-state index contributed by atoms with van der Waals surface area (Å²) in [6.07, 6.45) is 0. The van der Waals surface area contributed by atoms with Crippen LogP contribution in [0.15, 0.2) is 42.5 Å². The molecule has 1 N–H and O–H groups in total. The lowest BCUT2D eigenvalue weighted by Crippen LogP contribution is -2.24. The Balaban J connectivity index is 1.64. The molecule has 0 fully saturated rings. The fourth-order valence-electron chi connectivity index (χ4n) is 3.35. The average Bonchev–Trinajstić information content (AvgIpc) is 3.21. The highest BCUT2D eigenvalue weighted by atomic mass is 16.1. The second kappa shape index (κ2) is 5.48. The molecule has 1 aliphatic heterocycles. The van der Waals surface area contributed by atoms with E-state index in [9.17, 15) is 4.79 Å². The zero-order valence-electron chi connectivity index (χ0n) is 14.0. The van der Waals surface area contributed by atoms with Gasteiger partial charge in [-0.3, -0.25) is 4.79 Å². The Hall–Kier alpha value is -3.55. The molecule has 2 aromatic carbocycles. The molecule has 1 amide bonds. The van der Waals surface area contributed by atoms with E-state index in [-0.39, 0.29) is 5.91 Å². The van der Waals surface area contributed by atoms with Gasteiger partial charge in [-0.1, -0.05) is 30.3 Å². The van der Waals surface area contributed by atoms with Gasteiger partial charge >= 0.3 is 0 Å². The van der Waals surface area contributed by atoms with Gasteiger partial charge in [0.2, 0.25) is 5.82 Å². The Morgan fingerprint density at radius 3 is 2.65 bits per heavy atom. The van der Waals surface area contributed by atoms with Crippen LogP contribution in [0.2, 0.25) is 0 Å². The summed E-state index contributed by atoms with van der Waals surface area (Å²) in [6.45, 7) is 1.26. The van der Waals surface area contributed by atoms with Crippen LogP contribution in [0.1, 0.15) is 10.4 Å². The first-order chi connectivity index (χ1) is 12.7. The number of aromatic nitrogens is 6. The van der Waals surface area contributed by atoms with E-state index in [1.54, 1.807) is 7.05 Å². The summed E-state index contributed by atoms with van der Waals surface area (Å²) in [5, 5.41) is 15.1. The molecule has 0 atom stereocenters. The van der Waals surface area contributed by atoms with Gasteiger partial charge in [-0.25, -0.2) is 4.98 Å². The van der Waals surface area contributed by atoms with Gasteiger partial charge in [-0.2, -0.15) is 4.80 Å². The van der Waals surface area contributed by atoms with Crippen molar-refractivity contribution in [2.24, 2.45) is 7.05 Å². The zero-order chi connectivity index (χ0) is 17.7. The van der Waals surface area contributed by atoms with Crippen molar-refractivity contribution in [1.82, 2.24) is 35.1 Å². The van der Waals surface area contributed by atoms with Crippen LogP contribution in [0.25, 0.3) is 33.8 Å². The van der Waals surface area contributed by atoms with Gasteiger partial charge in [0.15, 0.2) is 0 Å². The van der Waals surface area contributed by atoms with Gasteiger partial charge in [-0.05, 0) is 17.3 Å². The number of nitrogens with zero attached hydrogens (tertiary/aromatic N) is 6. The molecule has 4 aromatic rings. The Labute approximate surface area is 148 Å². The molecule has 8 nitrogen and oxygen atoms in total. The van der Waals surface area contributed by atoms with Gasteiger partial charge < -0.3 is 9.88 Å². The molecule has 8 heteroatoms. The third kappa shape index (κ3) is 2.19. The largest absolute Gasteiger partial charge is 0.350 e. The van der Waals surface area contributed by atoms with Crippen LogP contribution >= 0.6 is 0 Å². The molecule has 0 radical (unpaired) electrons. The number of para-hydroxylation sites is 1. The number of tetrazole rings is 1. The fraction of sp³-hybridized carbons (Fsp3) is 0.167. The summed E-state index contributed by atoms with van der Waals surface area (Å²) in [4.78, 5) is 18.5. The molecule has 0 aliphatic carbocycles. The highest BCUT2D eigenvalue weighted by molar-refractivity contribution is 6.06. The molecule has 128 valence electrons. The number of rotatable bonds is 2. The Morgan fingerprint density at radius 1 is 1.08 bits per heavy atom. The maximum Gasteiger partial charge on any atom is 0.253 e. The van der Waals surface area contributed by atoms with Crippen LogP contribution in [0, 0.1) is 0 Å². The topological polar surface area (TPSA) is 90.5 Å². The number of carbonyl (C=O) groups is 1. The smallest absolute Gasteiger partial charge is 0.253 e. The molecule has 0 unspecified atom stereocenters. The van der Waals surface area contributed by atoms with Gasteiger partial charge in [0.05, 0.1) is 23.6 Å². The molecule has 0 saturated heterocycles. The fourth-order valence-corrected chi connectivity index (χ4v) is 3.35. The molecule has 0 spiro atoms. The van der Waals surface area contributed by atoms with Crippen molar-refractivity contribution >= 4 is 16.9 Å². The third-order valence-electron chi connectivity index (χ3n) is 4.54. The molecule has 0 bridgehead atoms. The monoisotopic (exact) mass is 345 g/mol. The van der Waals surface area contributed by atoms with Crippen molar-refractivity contribution in [3.05, 3.63) is 48.0 Å². The summed E-state index contributed by atoms with van der Waals surface area (Å²) in [5.41, 5.74) is 4.26. The lowest BCUT2D eigenvalue weighted by molar-refractivity contribution is 0.0956.